The third-order valence-electron chi connectivity index (χ3n) is 3.15. The molecule has 0 saturated carbocycles. The molecule has 0 saturated heterocycles. The molecule has 4 N–H and O–H groups in total. The lowest BCUT2D eigenvalue weighted by Crippen LogP contribution is -2.57. The summed E-state index contributed by atoms with van der Waals surface area (Å²) in [7, 11) is 3.86. The Morgan fingerprint density at radius 3 is 2.43 bits per heavy atom. The lowest BCUT2D eigenvalue weighted by atomic mass is 10.4. The minimum atomic E-state index is -2.08. The van der Waals surface area contributed by atoms with E-state index in [9.17, 15) is 10.2 Å². The number of nitrogens with one attached hydrogen (secondary N) is 2. The van der Waals surface area contributed by atoms with Gasteiger partial charge in [0.15, 0.2) is 5.82 Å². The molecule has 0 aliphatic rings. The molecule has 2 heterocycles. The van der Waals surface area contributed by atoms with Crippen LogP contribution in [0.4, 0.5) is 17.3 Å². The predicted molar refractivity (Wildman–Crippen MR) is 89.5 cm³/mol. The van der Waals surface area contributed by atoms with Gasteiger partial charge in [-0.15, -0.1) is 0 Å². The van der Waals surface area contributed by atoms with Gasteiger partial charge < -0.3 is 15.1 Å². The largest absolute Gasteiger partial charge is 0.376 e. The van der Waals surface area contributed by atoms with Gasteiger partial charge in [-0.1, -0.05) is 13.0 Å². The van der Waals surface area contributed by atoms with E-state index in [0.717, 1.165) is 5.69 Å². The minimum absolute atomic E-state index is 0.0883. The van der Waals surface area contributed by atoms with Gasteiger partial charge in [-0.25, -0.2) is 9.97 Å². The monoisotopic (exact) mass is 318 g/mol. The number of hydrazine groups is 2. The topological polar surface area (TPSA) is 96.8 Å². The van der Waals surface area contributed by atoms with Crippen LogP contribution in [0.15, 0.2) is 42.7 Å². The number of hydrogen-bond acceptors (Lipinski definition) is 8. The maximum absolute atomic E-state index is 9.86. The second-order valence-electron chi connectivity index (χ2n) is 5.21. The fourth-order valence-corrected chi connectivity index (χ4v) is 1.72. The number of anilines is 3. The van der Waals surface area contributed by atoms with Crippen molar-refractivity contribution in [2.45, 2.75) is 19.3 Å². The summed E-state index contributed by atoms with van der Waals surface area (Å²) in [6.07, 6.45) is 3.41. The number of aliphatic hydroxyl groups is 2. The Balaban J connectivity index is 2.20. The van der Waals surface area contributed by atoms with E-state index in [0.29, 0.717) is 11.6 Å². The zero-order valence-electron chi connectivity index (χ0n) is 13.4. The molecule has 23 heavy (non-hydrogen) atoms. The second kappa shape index (κ2) is 7.23. The van der Waals surface area contributed by atoms with Crippen LogP contribution in [0.25, 0.3) is 0 Å². The lowest BCUT2D eigenvalue weighted by Gasteiger charge is -2.31. The average Bonchev–Trinajstić information content (AvgIpc) is 2.55. The fraction of sp³-hybridized carbons (Fsp3) is 0.333. The van der Waals surface area contributed by atoms with Crippen LogP contribution in [-0.4, -0.2) is 40.2 Å². The maximum Gasteiger partial charge on any atom is 0.240 e. The van der Waals surface area contributed by atoms with Crippen LogP contribution < -0.4 is 20.9 Å². The van der Waals surface area contributed by atoms with E-state index in [4.69, 9.17) is 0 Å². The Hall–Kier alpha value is -2.42. The first-order valence-electron chi connectivity index (χ1n) is 7.25. The van der Waals surface area contributed by atoms with Crippen LogP contribution in [0.5, 0.6) is 0 Å². The Morgan fingerprint density at radius 1 is 1.13 bits per heavy atom. The van der Waals surface area contributed by atoms with Gasteiger partial charge in [-0.3, -0.25) is 5.43 Å². The minimum Gasteiger partial charge on any atom is -0.376 e. The summed E-state index contributed by atoms with van der Waals surface area (Å²) in [6.45, 7) is 1.65. The summed E-state index contributed by atoms with van der Waals surface area (Å²) in [6, 6.07) is 8.98. The van der Waals surface area contributed by atoms with Crippen LogP contribution in [0.3, 0.4) is 0 Å². The molecule has 0 radical (unpaired) electrons. The van der Waals surface area contributed by atoms with Crippen LogP contribution in [0, 0.1) is 0 Å². The van der Waals surface area contributed by atoms with Gasteiger partial charge in [0.05, 0.1) is 11.9 Å². The first-order valence-corrected chi connectivity index (χ1v) is 7.25. The van der Waals surface area contributed by atoms with E-state index in [1.165, 1.54) is 5.12 Å². The molecule has 2 aromatic rings. The van der Waals surface area contributed by atoms with E-state index in [1.807, 2.05) is 25.1 Å². The molecule has 0 unspecified atom stereocenters. The van der Waals surface area contributed by atoms with Gasteiger partial charge in [0.25, 0.3) is 0 Å². The van der Waals surface area contributed by atoms with Crippen molar-refractivity contribution in [1.82, 2.24) is 15.4 Å². The number of aromatic nitrogens is 2. The van der Waals surface area contributed by atoms with Crippen LogP contribution in [0.1, 0.15) is 13.3 Å². The summed E-state index contributed by atoms with van der Waals surface area (Å²) < 4.78 is 0. The van der Waals surface area contributed by atoms with Gasteiger partial charge in [0.1, 0.15) is 5.82 Å². The smallest absolute Gasteiger partial charge is 0.240 e. The highest BCUT2D eigenvalue weighted by Gasteiger charge is 2.24. The zero-order chi connectivity index (χ0) is 16.9. The molecule has 0 aromatic carbocycles. The fourth-order valence-electron chi connectivity index (χ4n) is 1.72. The normalized spacial score (nSPS) is 11.2. The molecule has 0 amide bonds. The van der Waals surface area contributed by atoms with Gasteiger partial charge in [-0.2, -0.15) is 10.5 Å². The van der Waals surface area contributed by atoms with Gasteiger partial charge in [0.2, 0.25) is 5.91 Å². The van der Waals surface area contributed by atoms with Crippen molar-refractivity contribution in [3.05, 3.63) is 42.7 Å². The van der Waals surface area contributed by atoms with Crippen molar-refractivity contribution in [2.24, 2.45) is 0 Å². The average molecular weight is 318 g/mol. The molecule has 8 heteroatoms. The Morgan fingerprint density at radius 2 is 1.91 bits per heavy atom. The third kappa shape index (κ3) is 4.78. The van der Waals surface area contributed by atoms with Crippen LogP contribution in [0.2, 0.25) is 0 Å². The summed E-state index contributed by atoms with van der Waals surface area (Å²) >= 11 is 0. The molecule has 0 fully saturated rings. The number of hydrogen-bond donors (Lipinski definition) is 4. The van der Waals surface area contributed by atoms with Crippen molar-refractivity contribution in [1.29, 1.82) is 0 Å². The Bertz CT molecular complexity index is 603. The van der Waals surface area contributed by atoms with Gasteiger partial charge in [-0.05, 0) is 24.3 Å². The van der Waals surface area contributed by atoms with Crippen molar-refractivity contribution in [2.75, 3.05) is 29.5 Å². The predicted octanol–water partition coefficient (Wildman–Crippen LogP) is 0.929. The van der Waals surface area contributed by atoms with Gasteiger partial charge >= 0.3 is 0 Å². The van der Waals surface area contributed by atoms with Crippen LogP contribution >= 0.6 is 0 Å². The van der Waals surface area contributed by atoms with E-state index in [-0.39, 0.29) is 6.42 Å². The Kier molecular flexibility index (Phi) is 5.32. The number of rotatable bonds is 7. The molecule has 2 aromatic heterocycles. The summed E-state index contributed by atoms with van der Waals surface area (Å²) in [5, 5.41) is 21.0. The molecule has 0 aliphatic heterocycles. The lowest BCUT2D eigenvalue weighted by molar-refractivity contribution is -0.187. The number of pyridine rings is 2. The Labute approximate surface area is 135 Å². The zero-order valence-corrected chi connectivity index (χ0v) is 13.4. The van der Waals surface area contributed by atoms with Crippen molar-refractivity contribution < 1.29 is 10.2 Å². The SMILES string of the molecule is CCC(O)(O)NN(Nc1ccc(N(C)C)cn1)c1ccccn1. The van der Waals surface area contributed by atoms with E-state index >= 15 is 0 Å². The molecule has 0 bridgehead atoms. The molecule has 8 nitrogen and oxygen atoms in total. The molecular weight excluding hydrogens is 296 g/mol. The van der Waals surface area contributed by atoms with Crippen molar-refractivity contribution >= 4 is 17.3 Å². The van der Waals surface area contributed by atoms with E-state index in [2.05, 4.69) is 20.8 Å². The molecule has 0 aliphatic carbocycles. The highest BCUT2D eigenvalue weighted by atomic mass is 16.5. The maximum atomic E-state index is 9.86. The molecule has 0 atom stereocenters. The van der Waals surface area contributed by atoms with Crippen molar-refractivity contribution in [3.63, 3.8) is 0 Å². The standard InChI is InChI=1S/C15H22N6O2/c1-4-15(22,23)19-21(14-7-5-6-10-16-14)18-13-9-8-12(11-17-13)20(2)3/h5-11,19,22-23H,4H2,1-3H3,(H,17,18). The quantitative estimate of drug-likeness (QED) is 0.442. The van der Waals surface area contributed by atoms with Crippen LogP contribution in [-0.2, 0) is 0 Å². The molecular formula is C15H22N6O2. The molecule has 124 valence electrons. The highest BCUT2D eigenvalue weighted by Crippen LogP contribution is 2.15. The van der Waals surface area contributed by atoms with E-state index in [1.54, 1.807) is 43.6 Å². The van der Waals surface area contributed by atoms with Gasteiger partial charge in [0, 0.05) is 26.7 Å². The van der Waals surface area contributed by atoms with Crippen molar-refractivity contribution in [3.8, 4) is 0 Å². The number of nitrogens with zero attached hydrogens (tertiary/aromatic N) is 4. The first-order chi connectivity index (χ1) is 10.9. The summed E-state index contributed by atoms with van der Waals surface area (Å²) in [4.78, 5) is 10.4. The second-order valence-corrected chi connectivity index (χ2v) is 5.21. The molecule has 2 rings (SSSR count). The summed E-state index contributed by atoms with van der Waals surface area (Å²) in [5.74, 6) is -1.08. The molecule has 0 spiro atoms. The summed E-state index contributed by atoms with van der Waals surface area (Å²) in [5.41, 5.74) is 6.49. The van der Waals surface area contributed by atoms with E-state index < -0.39 is 5.91 Å². The third-order valence-corrected chi connectivity index (χ3v) is 3.15. The highest BCUT2D eigenvalue weighted by molar-refractivity contribution is 5.51. The first kappa shape index (κ1) is 16.9.